The maximum absolute atomic E-state index is 12.2. The van der Waals surface area contributed by atoms with Crippen LogP contribution in [0.25, 0.3) is 10.2 Å². The van der Waals surface area contributed by atoms with Crippen molar-refractivity contribution in [2.24, 2.45) is 0 Å². The predicted octanol–water partition coefficient (Wildman–Crippen LogP) is 4.46. The summed E-state index contributed by atoms with van der Waals surface area (Å²) in [5.41, 5.74) is 2.78. The fourth-order valence-corrected chi connectivity index (χ4v) is 3.49. The van der Waals surface area contributed by atoms with E-state index in [2.05, 4.69) is 39.0 Å². The molecule has 3 aromatic rings. The third kappa shape index (κ3) is 2.69. The molecule has 1 amide bonds. The van der Waals surface area contributed by atoms with Crippen molar-refractivity contribution in [1.82, 2.24) is 4.98 Å². The highest BCUT2D eigenvalue weighted by Crippen LogP contribution is 2.27. The van der Waals surface area contributed by atoms with Crippen LogP contribution in [0.15, 0.2) is 42.5 Å². The largest absolute Gasteiger partial charge is 0.298 e. The van der Waals surface area contributed by atoms with E-state index in [0.29, 0.717) is 10.7 Å². The van der Waals surface area contributed by atoms with Crippen LogP contribution in [0.1, 0.15) is 15.9 Å². The Morgan fingerprint density at radius 3 is 2.85 bits per heavy atom. The number of anilines is 1. The van der Waals surface area contributed by atoms with E-state index in [4.69, 9.17) is 0 Å². The van der Waals surface area contributed by atoms with Crippen molar-refractivity contribution in [3.63, 3.8) is 0 Å². The monoisotopic (exact) mass is 394 g/mol. The number of thiazole rings is 1. The zero-order valence-corrected chi connectivity index (χ0v) is 13.7. The van der Waals surface area contributed by atoms with Gasteiger partial charge in [-0.15, -0.1) is 0 Å². The zero-order valence-electron chi connectivity index (χ0n) is 10.7. The average Bonchev–Trinajstić information content (AvgIpc) is 2.80. The molecule has 2 aromatic carbocycles. The fraction of sp³-hybridized carbons (Fsp3) is 0.0667. The molecule has 0 radical (unpaired) electrons. The zero-order chi connectivity index (χ0) is 14.1. The van der Waals surface area contributed by atoms with Crippen LogP contribution in [0.5, 0.6) is 0 Å². The molecule has 0 spiro atoms. The molecule has 20 heavy (non-hydrogen) atoms. The number of nitrogens with zero attached hydrogens (tertiary/aromatic N) is 1. The minimum Gasteiger partial charge on any atom is -0.298 e. The molecule has 0 bridgehead atoms. The van der Waals surface area contributed by atoms with Gasteiger partial charge in [-0.05, 0) is 59.3 Å². The summed E-state index contributed by atoms with van der Waals surface area (Å²) in [5, 5.41) is 3.51. The number of amides is 1. The Hall–Kier alpha value is -1.47. The van der Waals surface area contributed by atoms with Gasteiger partial charge in [-0.3, -0.25) is 10.1 Å². The van der Waals surface area contributed by atoms with Gasteiger partial charge in [0.05, 0.1) is 15.8 Å². The first-order chi connectivity index (χ1) is 9.63. The summed E-state index contributed by atoms with van der Waals surface area (Å²) in [5.74, 6) is -0.120. The van der Waals surface area contributed by atoms with E-state index in [1.807, 2.05) is 43.3 Å². The maximum atomic E-state index is 12.2. The molecule has 0 aliphatic heterocycles. The van der Waals surface area contributed by atoms with Crippen molar-refractivity contribution in [3.8, 4) is 0 Å². The van der Waals surface area contributed by atoms with Gasteiger partial charge in [0.1, 0.15) is 0 Å². The van der Waals surface area contributed by atoms with E-state index < -0.39 is 0 Å². The van der Waals surface area contributed by atoms with Crippen LogP contribution in [0, 0.1) is 10.5 Å². The topological polar surface area (TPSA) is 42.0 Å². The van der Waals surface area contributed by atoms with Crippen LogP contribution in [-0.4, -0.2) is 10.9 Å². The molecular formula is C15H11IN2OS. The number of halogens is 1. The van der Waals surface area contributed by atoms with Gasteiger partial charge < -0.3 is 0 Å². The molecule has 1 N–H and O–H groups in total. The van der Waals surface area contributed by atoms with Gasteiger partial charge in [0.2, 0.25) is 0 Å². The van der Waals surface area contributed by atoms with Crippen LogP contribution < -0.4 is 5.32 Å². The van der Waals surface area contributed by atoms with Crippen molar-refractivity contribution in [3.05, 3.63) is 57.2 Å². The molecule has 1 heterocycles. The lowest BCUT2D eigenvalue weighted by atomic mass is 10.2. The van der Waals surface area contributed by atoms with Crippen LogP contribution in [0.2, 0.25) is 0 Å². The van der Waals surface area contributed by atoms with Gasteiger partial charge in [0, 0.05) is 3.57 Å². The first-order valence-electron chi connectivity index (χ1n) is 6.06. The molecule has 3 nitrogen and oxygen atoms in total. The first kappa shape index (κ1) is 13.5. The van der Waals surface area contributed by atoms with Crippen LogP contribution in [0.3, 0.4) is 0 Å². The SMILES string of the molecule is Cc1ccc2nc(NC(=O)c3ccccc3I)sc2c1. The summed E-state index contributed by atoms with van der Waals surface area (Å²) in [6, 6.07) is 13.6. The van der Waals surface area contributed by atoms with Gasteiger partial charge in [-0.2, -0.15) is 0 Å². The summed E-state index contributed by atoms with van der Waals surface area (Å²) >= 11 is 3.65. The molecule has 0 saturated heterocycles. The van der Waals surface area contributed by atoms with E-state index in [9.17, 15) is 4.79 Å². The Bertz CT molecular complexity index is 797. The smallest absolute Gasteiger partial charge is 0.258 e. The fourth-order valence-electron chi connectivity index (χ4n) is 1.90. The van der Waals surface area contributed by atoms with Crippen LogP contribution in [0.4, 0.5) is 5.13 Å². The Balaban J connectivity index is 1.89. The first-order valence-corrected chi connectivity index (χ1v) is 7.96. The van der Waals surface area contributed by atoms with Crippen molar-refractivity contribution in [2.75, 3.05) is 5.32 Å². The predicted molar refractivity (Wildman–Crippen MR) is 91.5 cm³/mol. The number of fused-ring (bicyclic) bond motifs is 1. The summed E-state index contributed by atoms with van der Waals surface area (Å²) in [4.78, 5) is 16.7. The van der Waals surface area contributed by atoms with Crippen molar-refractivity contribution in [1.29, 1.82) is 0 Å². The number of rotatable bonds is 2. The quantitative estimate of drug-likeness (QED) is 0.652. The second-order valence-corrected chi connectivity index (χ2v) is 6.62. The molecule has 0 atom stereocenters. The number of benzene rings is 2. The number of hydrogen-bond donors (Lipinski definition) is 1. The van der Waals surface area contributed by atoms with E-state index in [0.717, 1.165) is 13.8 Å². The highest BCUT2D eigenvalue weighted by molar-refractivity contribution is 14.1. The Kier molecular flexibility index (Phi) is 3.71. The molecule has 0 aliphatic rings. The minimum absolute atomic E-state index is 0.120. The Morgan fingerprint density at radius 1 is 1.25 bits per heavy atom. The average molecular weight is 394 g/mol. The third-order valence-corrected chi connectivity index (χ3v) is 4.76. The Labute approximate surface area is 134 Å². The van der Waals surface area contributed by atoms with Crippen LogP contribution in [-0.2, 0) is 0 Å². The van der Waals surface area contributed by atoms with E-state index in [-0.39, 0.29) is 5.91 Å². The summed E-state index contributed by atoms with van der Waals surface area (Å²) in [7, 11) is 0. The molecule has 0 fully saturated rings. The molecule has 5 heteroatoms. The lowest BCUT2D eigenvalue weighted by molar-refractivity contribution is 0.102. The van der Waals surface area contributed by atoms with Gasteiger partial charge in [0.15, 0.2) is 5.13 Å². The number of aromatic nitrogens is 1. The summed E-state index contributed by atoms with van der Waals surface area (Å²) in [6.45, 7) is 2.05. The molecule has 0 aliphatic carbocycles. The third-order valence-electron chi connectivity index (χ3n) is 2.88. The lowest BCUT2D eigenvalue weighted by Gasteiger charge is -2.03. The number of carbonyl (C=O) groups excluding carboxylic acids is 1. The molecule has 0 unspecified atom stereocenters. The molecule has 100 valence electrons. The normalized spacial score (nSPS) is 10.7. The molecule has 0 saturated carbocycles. The second-order valence-electron chi connectivity index (χ2n) is 4.42. The molecule has 3 rings (SSSR count). The second kappa shape index (κ2) is 5.49. The van der Waals surface area contributed by atoms with Gasteiger partial charge in [-0.25, -0.2) is 4.98 Å². The summed E-state index contributed by atoms with van der Waals surface area (Å²) in [6.07, 6.45) is 0. The maximum Gasteiger partial charge on any atom is 0.258 e. The van der Waals surface area contributed by atoms with Gasteiger partial charge in [-0.1, -0.05) is 29.5 Å². The number of hydrogen-bond acceptors (Lipinski definition) is 3. The van der Waals surface area contributed by atoms with E-state index in [1.54, 1.807) is 0 Å². The van der Waals surface area contributed by atoms with Crippen molar-refractivity contribution >= 4 is 55.2 Å². The highest BCUT2D eigenvalue weighted by Gasteiger charge is 2.12. The minimum atomic E-state index is -0.120. The van der Waals surface area contributed by atoms with E-state index >= 15 is 0 Å². The molecule has 1 aromatic heterocycles. The number of aryl methyl sites for hydroxylation is 1. The van der Waals surface area contributed by atoms with E-state index in [1.165, 1.54) is 16.9 Å². The Morgan fingerprint density at radius 2 is 2.05 bits per heavy atom. The highest BCUT2D eigenvalue weighted by atomic mass is 127. The van der Waals surface area contributed by atoms with Crippen molar-refractivity contribution < 1.29 is 4.79 Å². The number of carbonyl (C=O) groups is 1. The van der Waals surface area contributed by atoms with Gasteiger partial charge in [0.25, 0.3) is 5.91 Å². The van der Waals surface area contributed by atoms with Crippen LogP contribution >= 0.6 is 33.9 Å². The van der Waals surface area contributed by atoms with Gasteiger partial charge >= 0.3 is 0 Å². The molecular weight excluding hydrogens is 383 g/mol. The standard InChI is InChI=1S/C15H11IN2OS/c1-9-6-7-12-13(8-9)20-15(17-12)18-14(19)10-4-2-3-5-11(10)16/h2-8H,1H3,(H,17,18,19). The number of nitrogens with one attached hydrogen (secondary N) is 1. The van der Waals surface area contributed by atoms with Crippen molar-refractivity contribution in [2.45, 2.75) is 6.92 Å². The summed E-state index contributed by atoms with van der Waals surface area (Å²) < 4.78 is 2.02. The lowest BCUT2D eigenvalue weighted by Crippen LogP contribution is -2.12.